The summed E-state index contributed by atoms with van der Waals surface area (Å²) in [6.45, 7) is 0. The van der Waals surface area contributed by atoms with E-state index < -0.39 is 0 Å². The first-order valence-electron chi connectivity index (χ1n) is 5.46. The minimum atomic E-state index is 0.626. The van der Waals surface area contributed by atoms with Gasteiger partial charge in [0.2, 0.25) is 5.88 Å². The molecule has 0 amide bonds. The number of ether oxygens (including phenoxy) is 1. The third-order valence-corrected chi connectivity index (χ3v) is 2.74. The number of aromatic amines is 1. The van der Waals surface area contributed by atoms with Gasteiger partial charge in [0.25, 0.3) is 0 Å². The van der Waals surface area contributed by atoms with E-state index in [9.17, 15) is 0 Å². The maximum Gasteiger partial charge on any atom is 0.213 e. The molecule has 1 aromatic carbocycles. The highest BCUT2D eigenvalue weighted by molar-refractivity contribution is 5.85. The van der Waals surface area contributed by atoms with Gasteiger partial charge in [-0.15, -0.1) is 0 Å². The summed E-state index contributed by atoms with van der Waals surface area (Å²) in [5.41, 5.74) is 3.01. The highest BCUT2D eigenvalue weighted by atomic mass is 16.5. The molecule has 3 nitrogen and oxygen atoms in total. The second-order valence-corrected chi connectivity index (χ2v) is 3.84. The Morgan fingerprint density at radius 2 is 1.94 bits per heavy atom. The van der Waals surface area contributed by atoms with E-state index in [0.29, 0.717) is 5.88 Å². The number of methoxy groups -OCH3 is 1. The molecule has 2 heterocycles. The summed E-state index contributed by atoms with van der Waals surface area (Å²) in [5.74, 6) is 0.626. The molecule has 0 saturated carbocycles. The maximum absolute atomic E-state index is 5.13. The van der Waals surface area contributed by atoms with Crippen LogP contribution in [0.5, 0.6) is 5.88 Å². The second-order valence-electron chi connectivity index (χ2n) is 3.84. The highest BCUT2D eigenvalue weighted by Gasteiger charge is 2.04. The van der Waals surface area contributed by atoms with Crippen LogP contribution in [0, 0.1) is 0 Å². The van der Waals surface area contributed by atoms with Crippen molar-refractivity contribution >= 4 is 10.9 Å². The molecular weight excluding hydrogens is 212 g/mol. The average molecular weight is 224 g/mol. The predicted octanol–water partition coefficient (Wildman–Crippen LogP) is 3.24. The normalized spacial score (nSPS) is 10.6. The van der Waals surface area contributed by atoms with Gasteiger partial charge >= 0.3 is 0 Å². The minimum absolute atomic E-state index is 0.626. The number of pyridine rings is 1. The Hall–Kier alpha value is -2.29. The molecule has 0 radical (unpaired) electrons. The predicted molar refractivity (Wildman–Crippen MR) is 68.1 cm³/mol. The van der Waals surface area contributed by atoms with Crippen molar-refractivity contribution in [3.05, 3.63) is 48.5 Å². The lowest BCUT2D eigenvalue weighted by Crippen LogP contribution is -1.89. The van der Waals surface area contributed by atoms with Gasteiger partial charge < -0.3 is 9.72 Å². The fourth-order valence-corrected chi connectivity index (χ4v) is 1.89. The summed E-state index contributed by atoms with van der Waals surface area (Å²) in [6.07, 6.45) is 0. The molecule has 0 bridgehead atoms. The van der Waals surface area contributed by atoms with E-state index >= 15 is 0 Å². The van der Waals surface area contributed by atoms with E-state index in [2.05, 4.69) is 28.2 Å². The Balaban J connectivity index is 2.13. The molecule has 0 aliphatic rings. The molecule has 2 aromatic heterocycles. The second kappa shape index (κ2) is 3.94. The van der Waals surface area contributed by atoms with Gasteiger partial charge in [0.1, 0.15) is 0 Å². The van der Waals surface area contributed by atoms with Crippen LogP contribution in [0.2, 0.25) is 0 Å². The van der Waals surface area contributed by atoms with Crippen molar-refractivity contribution < 1.29 is 4.74 Å². The zero-order valence-electron chi connectivity index (χ0n) is 9.47. The molecule has 3 rings (SSSR count). The molecule has 17 heavy (non-hydrogen) atoms. The zero-order valence-corrected chi connectivity index (χ0v) is 9.47. The molecular formula is C14H12N2O. The summed E-state index contributed by atoms with van der Waals surface area (Å²) < 4.78 is 5.13. The lowest BCUT2D eigenvalue weighted by atomic mass is 10.2. The lowest BCUT2D eigenvalue weighted by Gasteiger charge is -2.00. The van der Waals surface area contributed by atoms with Crippen LogP contribution in [0.4, 0.5) is 0 Å². The van der Waals surface area contributed by atoms with E-state index in [1.54, 1.807) is 7.11 Å². The number of rotatable bonds is 2. The van der Waals surface area contributed by atoms with Gasteiger partial charge in [-0.25, -0.2) is 4.98 Å². The Kier molecular flexibility index (Phi) is 2.29. The smallest absolute Gasteiger partial charge is 0.213 e. The average Bonchev–Trinajstić information content (AvgIpc) is 2.82. The summed E-state index contributed by atoms with van der Waals surface area (Å²) in [6, 6.07) is 16.0. The van der Waals surface area contributed by atoms with Gasteiger partial charge in [-0.3, -0.25) is 0 Å². The molecule has 0 spiro atoms. The molecule has 84 valence electrons. The molecule has 1 N–H and O–H groups in total. The lowest BCUT2D eigenvalue weighted by molar-refractivity contribution is 0.398. The van der Waals surface area contributed by atoms with Gasteiger partial charge in [0, 0.05) is 17.0 Å². The summed E-state index contributed by atoms with van der Waals surface area (Å²) in [4.78, 5) is 7.75. The van der Waals surface area contributed by atoms with Crippen LogP contribution in [0.3, 0.4) is 0 Å². The summed E-state index contributed by atoms with van der Waals surface area (Å²) in [5, 5.41) is 1.19. The number of aromatic nitrogens is 2. The third kappa shape index (κ3) is 1.76. The number of benzene rings is 1. The number of para-hydroxylation sites is 1. The standard InChI is InChI=1S/C14H12N2O/c1-17-14-8-4-7-12(16-14)13-9-10-5-2-3-6-11(10)15-13/h2-9,15H,1H3. The van der Waals surface area contributed by atoms with Gasteiger partial charge in [0.15, 0.2) is 0 Å². The molecule has 0 aliphatic carbocycles. The molecule has 0 unspecified atom stereocenters. The topological polar surface area (TPSA) is 37.9 Å². The van der Waals surface area contributed by atoms with Crippen LogP contribution < -0.4 is 4.74 Å². The minimum Gasteiger partial charge on any atom is -0.481 e. The first-order valence-corrected chi connectivity index (χ1v) is 5.46. The molecule has 0 saturated heterocycles. The van der Waals surface area contributed by atoms with Crippen LogP contribution in [-0.4, -0.2) is 17.1 Å². The molecule has 0 fully saturated rings. The third-order valence-electron chi connectivity index (χ3n) is 2.74. The molecule has 0 atom stereocenters. The number of hydrogen-bond acceptors (Lipinski definition) is 2. The van der Waals surface area contributed by atoms with Crippen molar-refractivity contribution in [2.75, 3.05) is 7.11 Å². The van der Waals surface area contributed by atoms with Crippen LogP contribution >= 0.6 is 0 Å². The van der Waals surface area contributed by atoms with Gasteiger partial charge in [-0.05, 0) is 18.2 Å². The molecule has 3 heteroatoms. The summed E-state index contributed by atoms with van der Waals surface area (Å²) in [7, 11) is 1.62. The SMILES string of the molecule is COc1cccc(-c2cc3ccccc3[nH]2)n1. The van der Waals surface area contributed by atoms with Crippen molar-refractivity contribution in [3.8, 4) is 17.3 Å². The Morgan fingerprint density at radius 3 is 2.76 bits per heavy atom. The van der Waals surface area contributed by atoms with E-state index in [-0.39, 0.29) is 0 Å². The first-order chi connectivity index (χ1) is 8.36. The monoisotopic (exact) mass is 224 g/mol. The zero-order chi connectivity index (χ0) is 11.7. The van der Waals surface area contributed by atoms with Crippen LogP contribution in [0.15, 0.2) is 48.5 Å². The van der Waals surface area contributed by atoms with Crippen LogP contribution in [0.25, 0.3) is 22.3 Å². The quantitative estimate of drug-likeness (QED) is 0.725. The largest absolute Gasteiger partial charge is 0.481 e. The van der Waals surface area contributed by atoms with E-state index in [4.69, 9.17) is 4.74 Å². The number of hydrogen-bond donors (Lipinski definition) is 1. The van der Waals surface area contributed by atoms with Crippen LogP contribution in [0.1, 0.15) is 0 Å². The number of nitrogens with zero attached hydrogens (tertiary/aromatic N) is 1. The van der Waals surface area contributed by atoms with Crippen LogP contribution in [-0.2, 0) is 0 Å². The van der Waals surface area contributed by atoms with Gasteiger partial charge in [-0.2, -0.15) is 0 Å². The molecule has 0 aliphatic heterocycles. The summed E-state index contributed by atoms with van der Waals surface area (Å²) >= 11 is 0. The number of nitrogens with one attached hydrogen (secondary N) is 1. The van der Waals surface area contributed by atoms with E-state index in [1.807, 2.05) is 30.3 Å². The Morgan fingerprint density at radius 1 is 1.06 bits per heavy atom. The fraction of sp³-hybridized carbons (Fsp3) is 0.0714. The Bertz CT molecular complexity index is 625. The van der Waals surface area contributed by atoms with E-state index in [1.165, 1.54) is 5.39 Å². The number of H-pyrrole nitrogens is 1. The maximum atomic E-state index is 5.13. The molecule has 3 aromatic rings. The highest BCUT2D eigenvalue weighted by Crippen LogP contribution is 2.23. The van der Waals surface area contributed by atoms with Crippen molar-refractivity contribution in [1.29, 1.82) is 0 Å². The number of fused-ring (bicyclic) bond motifs is 1. The van der Waals surface area contributed by atoms with Crippen molar-refractivity contribution in [2.24, 2.45) is 0 Å². The van der Waals surface area contributed by atoms with Crippen molar-refractivity contribution in [3.63, 3.8) is 0 Å². The Labute approximate surface area is 99.1 Å². The van der Waals surface area contributed by atoms with Gasteiger partial charge in [0.05, 0.1) is 18.5 Å². The fourth-order valence-electron chi connectivity index (χ4n) is 1.89. The van der Waals surface area contributed by atoms with Crippen molar-refractivity contribution in [2.45, 2.75) is 0 Å². The van der Waals surface area contributed by atoms with Crippen molar-refractivity contribution in [1.82, 2.24) is 9.97 Å². The van der Waals surface area contributed by atoms with Gasteiger partial charge in [-0.1, -0.05) is 24.3 Å². The first kappa shape index (κ1) is 9.90. The van der Waals surface area contributed by atoms with E-state index in [0.717, 1.165) is 16.9 Å².